The van der Waals surface area contributed by atoms with Gasteiger partial charge >= 0.3 is 0 Å². The molecule has 1 N–H and O–H groups in total. The number of nitrogens with zero attached hydrogens (tertiary/aromatic N) is 4. The molecule has 0 saturated heterocycles. The molecule has 0 radical (unpaired) electrons. The van der Waals surface area contributed by atoms with Crippen LogP contribution in [0.15, 0.2) is 41.6 Å². The van der Waals surface area contributed by atoms with Gasteiger partial charge < -0.3 is 5.32 Å². The Labute approximate surface area is 168 Å². The van der Waals surface area contributed by atoms with Gasteiger partial charge in [-0.3, -0.25) is 4.79 Å². The smallest absolute Gasteiger partial charge is 0.234 e. The number of benzene rings is 2. The molecule has 0 saturated carbocycles. The first kappa shape index (κ1) is 19.0. The third kappa shape index (κ3) is 4.48. The summed E-state index contributed by atoms with van der Waals surface area (Å²) in [5, 5.41) is 15.7. The largest absolute Gasteiger partial charge is 0.323 e. The highest BCUT2D eigenvalue weighted by Gasteiger charge is 2.14. The Kier molecular flexibility index (Phi) is 6.03. The second-order valence-corrected chi connectivity index (χ2v) is 7.49. The molecule has 0 fully saturated rings. The normalized spacial score (nSPS) is 10.8. The SMILES string of the molecule is Cc1cccc(-n2nnnc2SCC(=O)Nc2c(Cl)cc(Cl)cc2Cl)c1. The van der Waals surface area contributed by atoms with Gasteiger partial charge in [0, 0.05) is 5.02 Å². The molecule has 0 aliphatic carbocycles. The van der Waals surface area contributed by atoms with Gasteiger partial charge in [0.25, 0.3) is 0 Å². The zero-order chi connectivity index (χ0) is 18.7. The molecule has 6 nitrogen and oxygen atoms in total. The van der Waals surface area contributed by atoms with E-state index in [1.807, 2.05) is 31.2 Å². The van der Waals surface area contributed by atoms with E-state index < -0.39 is 0 Å². The maximum Gasteiger partial charge on any atom is 0.234 e. The highest BCUT2D eigenvalue weighted by Crippen LogP contribution is 2.33. The van der Waals surface area contributed by atoms with Gasteiger partial charge in [-0.2, -0.15) is 4.68 Å². The average Bonchev–Trinajstić information content (AvgIpc) is 3.05. The summed E-state index contributed by atoms with van der Waals surface area (Å²) >= 11 is 19.2. The number of carbonyl (C=O) groups is 1. The first-order valence-electron chi connectivity index (χ1n) is 7.36. The molecule has 0 unspecified atom stereocenters. The van der Waals surface area contributed by atoms with Crippen LogP contribution in [0.1, 0.15) is 5.56 Å². The molecule has 0 aliphatic heterocycles. The second-order valence-electron chi connectivity index (χ2n) is 5.29. The minimum atomic E-state index is -0.292. The van der Waals surface area contributed by atoms with Gasteiger partial charge in [0.2, 0.25) is 11.1 Å². The molecular weight excluding hydrogens is 417 g/mol. The molecule has 0 atom stereocenters. The topological polar surface area (TPSA) is 72.7 Å². The lowest BCUT2D eigenvalue weighted by Crippen LogP contribution is -2.15. The zero-order valence-corrected chi connectivity index (χ0v) is 16.5. The number of halogens is 3. The van der Waals surface area contributed by atoms with Gasteiger partial charge in [-0.15, -0.1) is 5.10 Å². The quantitative estimate of drug-likeness (QED) is 0.598. The van der Waals surface area contributed by atoms with Crippen LogP contribution in [0.25, 0.3) is 5.69 Å². The third-order valence-corrected chi connectivity index (χ3v) is 5.02. The summed E-state index contributed by atoms with van der Waals surface area (Å²) in [5.41, 5.74) is 2.22. The lowest BCUT2D eigenvalue weighted by Gasteiger charge is -2.10. The van der Waals surface area contributed by atoms with E-state index in [-0.39, 0.29) is 21.7 Å². The van der Waals surface area contributed by atoms with Crippen LogP contribution in [-0.4, -0.2) is 31.9 Å². The lowest BCUT2D eigenvalue weighted by molar-refractivity contribution is -0.113. The molecular formula is C16H12Cl3N5OS. The first-order valence-corrected chi connectivity index (χ1v) is 9.48. The Morgan fingerprint density at radius 1 is 1.19 bits per heavy atom. The molecule has 0 bridgehead atoms. The first-order chi connectivity index (χ1) is 12.4. The number of carbonyl (C=O) groups excluding carboxylic acids is 1. The molecule has 0 aliphatic rings. The maximum absolute atomic E-state index is 12.2. The Morgan fingerprint density at radius 2 is 1.92 bits per heavy atom. The number of aromatic nitrogens is 4. The molecule has 1 heterocycles. The van der Waals surface area contributed by atoms with Crippen molar-refractivity contribution in [2.24, 2.45) is 0 Å². The van der Waals surface area contributed by atoms with Crippen molar-refractivity contribution in [1.82, 2.24) is 20.2 Å². The fourth-order valence-electron chi connectivity index (χ4n) is 2.16. The fourth-order valence-corrected chi connectivity index (χ4v) is 3.76. The summed E-state index contributed by atoms with van der Waals surface area (Å²) < 4.78 is 1.58. The summed E-state index contributed by atoms with van der Waals surface area (Å²) in [6.45, 7) is 1.98. The molecule has 3 aromatic rings. The van der Waals surface area contributed by atoms with E-state index in [9.17, 15) is 4.79 Å². The van der Waals surface area contributed by atoms with Gasteiger partial charge in [-0.05, 0) is 47.2 Å². The van der Waals surface area contributed by atoms with Crippen molar-refractivity contribution in [3.63, 3.8) is 0 Å². The minimum Gasteiger partial charge on any atom is -0.323 e. The van der Waals surface area contributed by atoms with Crippen molar-refractivity contribution in [2.45, 2.75) is 12.1 Å². The van der Waals surface area contributed by atoms with Gasteiger partial charge in [0.1, 0.15) is 0 Å². The van der Waals surface area contributed by atoms with Crippen molar-refractivity contribution in [3.05, 3.63) is 57.0 Å². The lowest BCUT2D eigenvalue weighted by atomic mass is 10.2. The van der Waals surface area contributed by atoms with Crippen LogP contribution in [0.5, 0.6) is 0 Å². The predicted molar refractivity (Wildman–Crippen MR) is 105 cm³/mol. The van der Waals surface area contributed by atoms with Crippen LogP contribution in [-0.2, 0) is 4.79 Å². The van der Waals surface area contributed by atoms with Gasteiger partial charge in [-0.25, -0.2) is 0 Å². The van der Waals surface area contributed by atoms with Crippen molar-refractivity contribution >= 4 is 58.2 Å². The maximum atomic E-state index is 12.2. The highest BCUT2D eigenvalue weighted by atomic mass is 35.5. The van der Waals surface area contributed by atoms with Crippen LogP contribution in [0.3, 0.4) is 0 Å². The molecule has 3 rings (SSSR count). The summed E-state index contributed by atoms with van der Waals surface area (Å²) in [6.07, 6.45) is 0. The zero-order valence-electron chi connectivity index (χ0n) is 13.4. The molecule has 1 aromatic heterocycles. The molecule has 10 heteroatoms. The van der Waals surface area contributed by atoms with Crippen molar-refractivity contribution in [2.75, 3.05) is 11.1 Å². The third-order valence-electron chi connectivity index (χ3n) is 3.29. The highest BCUT2D eigenvalue weighted by molar-refractivity contribution is 7.99. The van der Waals surface area contributed by atoms with E-state index >= 15 is 0 Å². The van der Waals surface area contributed by atoms with E-state index in [2.05, 4.69) is 20.8 Å². The standard InChI is InChI=1S/C16H12Cl3N5OS/c1-9-3-2-4-11(5-9)24-16(21-22-23-24)26-8-14(25)20-15-12(18)6-10(17)7-13(15)19/h2-7H,8H2,1H3,(H,20,25). The number of hydrogen-bond donors (Lipinski definition) is 1. The Balaban J connectivity index is 1.69. The van der Waals surface area contributed by atoms with Crippen LogP contribution in [0.4, 0.5) is 5.69 Å². The Morgan fingerprint density at radius 3 is 2.62 bits per heavy atom. The summed E-state index contributed by atoms with van der Waals surface area (Å²) in [7, 11) is 0. The minimum absolute atomic E-state index is 0.0848. The second kappa shape index (κ2) is 8.26. The molecule has 2 aromatic carbocycles. The monoisotopic (exact) mass is 427 g/mol. The number of anilines is 1. The fraction of sp³-hybridized carbons (Fsp3) is 0.125. The summed E-state index contributed by atoms with van der Waals surface area (Å²) in [4.78, 5) is 12.2. The van der Waals surface area contributed by atoms with Gasteiger partial charge in [-0.1, -0.05) is 58.7 Å². The Hall–Kier alpha value is -1.80. The van der Waals surface area contributed by atoms with Crippen LogP contribution in [0.2, 0.25) is 15.1 Å². The van der Waals surface area contributed by atoms with Gasteiger partial charge in [0.15, 0.2) is 0 Å². The van der Waals surface area contributed by atoms with Gasteiger partial charge in [0.05, 0.1) is 27.2 Å². The number of hydrogen-bond acceptors (Lipinski definition) is 5. The number of thioether (sulfide) groups is 1. The van der Waals surface area contributed by atoms with Crippen LogP contribution in [0, 0.1) is 6.92 Å². The molecule has 0 spiro atoms. The van der Waals surface area contributed by atoms with Crippen LogP contribution < -0.4 is 5.32 Å². The summed E-state index contributed by atoms with van der Waals surface area (Å²) in [5.74, 6) is -0.207. The molecule has 1 amide bonds. The van der Waals surface area contributed by atoms with E-state index in [0.29, 0.717) is 15.9 Å². The number of nitrogens with one attached hydrogen (secondary N) is 1. The Bertz CT molecular complexity index is 940. The predicted octanol–water partition coefficient (Wildman–Crippen LogP) is 4.66. The van der Waals surface area contributed by atoms with Crippen LogP contribution >= 0.6 is 46.6 Å². The number of aryl methyl sites for hydroxylation is 1. The van der Waals surface area contributed by atoms with E-state index in [0.717, 1.165) is 11.3 Å². The van der Waals surface area contributed by atoms with E-state index in [4.69, 9.17) is 34.8 Å². The number of tetrazole rings is 1. The number of amides is 1. The average molecular weight is 429 g/mol. The van der Waals surface area contributed by atoms with E-state index in [1.54, 1.807) is 4.68 Å². The summed E-state index contributed by atoms with van der Waals surface area (Å²) in [6, 6.07) is 10.8. The van der Waals surface area contributed by atoms with Crippen molar-refractivity contribution < 1.29 is 4.79 Å². The van der Waals surface area contributed by atoms with Crippen molar-refractivity contribution in [1.29, 1.82) is 0 Å². The molecule has 134 valence electrons. The van der Waals surface area contributed by atoms with E-state index in [1.165, 1.54) is 23.9 Å². The molecule has 26 heavy (non-hydrogen) atoms. The number of rotatable bonds is 5. The van der Waals surface area contributed by atoms with Crippen molar-refractivity contribution in [3.8, 4) is 5.69 Å².